The van der Waals surface area contributed by atoms with Gasteiger partial charge in [0.15, 0.2) is 0 Å². The lowest BCUT2D eigenvalue weighted by molar-refractivity contribution is -0.159. The van der Waals surface area contributed by atoms with E-state index in [0.29, 0.717) is 12.8 Å². The van der Waals surface area contributed by atoms with Gasteiger partial charge >= 0.3 is 35.8 Å². The van der Waals surface area contributed by atoms with E-state index in [2.05, 4.69) is 33.5 Å². The highest BCUT2D eigenvalue weighted by Crippen LogP contribution is 2.14. The first-order chi connectivity index (χ1) is 23.5. The summed E-state index contributed by atoms with van der Waals surface area (Å²) >= 11 is 0. The summed E-state index contributed by atoms with van der Waals surface area (Å²) in [6.45, 7) is 12.3. The van der Waals surface area contributed by atoms with Crippen LogP contribution in [0.4, 0.5) is 0 Å². The van der Waals surface area contributed by atoms with Crippen molar-refractivity contribution in [3.05, 3.63) is 0 Å². The highest BCUT2D eigenvalue weighted by molar-refractivity contribution is 6.28. The molecule has 2 unspecified atom stereocenters. The van der Waals surface area contributed by atoms with E-state index in [1.807, 2.05) is 23.6 Å². The van der Waals surface area contributed by atoms with E-state index in [4.69, 9.17) is 59.4 Å². The summed E-state index contributed by atoms with van der Waals surface area (Å²) < 4.78 is 0. The van der Waals surface area contributed by atoms with Gasteiger partial charge in [-0.25, -0.2) is 28.8 Å². The lowest BCUT2D eigenvalue weighted by atomic mass is 10.3. The molecule has 0 aromatic heterocycles. The minimum Gasteiger partial charge on any atom is -0.473 e. The summed E-state index contributed by atoms with van der Waals surface area (Å²) in [4.78, 5) is 86.1. The average molecular weight is 711 g/mol. The molecule has 4 rings (SSSR count). The SMILES string of the molecule is CC(C#CCN1CCCC1)N1CCCC1=O.CC(C#CCN1CCCC1)N1CCCC1=O.O=C(O)C(=O)O.O=C(O)C(=O)O.O=C(O)C(=O)O. The van der Waals surface area contributed by atoms with Crippen molar-refractivity contribution in [3.8, 4) is 23.7 Å². The monoisotopic (exact) mass is 710 g/mol. The lowest BCUT2D eigenvalue weighted by Gasteiger charge is -2.19. The summed E-state index contributed by atoms with van der Waals surface area (Å²) in [5.41, 5.74) is 0. The third-order valence-corrected chi connectivity index (χ3v) is 7.33. The van der Waals surface area contributed by atoms with E-state index in [0.717, 1.165) is 39.0 Å². The Morgan fingerprint density at radius 1 is 0.500 bits per heavy atom. The third-order valence-electron chi connectivity index (χ3n) is 7.33. The van der Waals surface area contributed by atoms with Crippen LogP contribution in [0, 0.1) is 23.7 Å². The summed E-state index contributed by atoms with van der Waals surface area (Å²) in [7, 11) is 0. The Hall–Kier alpha value is -5.20. The van der Waals surface area contributed by atoms with Gasteiger partial charge in [0.05, 0.1) is 25.2 Å². The molecule has 2 atom stereocenters. The average Bonchev–Trinajstić information content (AvgIpc) is 3.88. The van der Waals surface area contributed by atoms with E-state index in [1.54, 1.807) is 0 Å². The van der Waals surface area contributed by atoms with Gasteiger partial charge in [0.1, 0.15) is 0 Å². The number of carbonyl (C=O) groups excluding carboxylic acids is 2. The number of carbonyl (C=O) groups is 8. The molecular formula is C32H46N4O14. The van der Waals surface area contributed by atoms with Gasteiger partial charge in [-0.1, -0.05) is 23.7 Å². The molecular weight excluding hydrogens is 664 g/mol. The van der Waals surface area contributed by atoms with Crippen molar-refractivity contribution in [1.82, 2.24) is 19.6 Å². The van der Waals surface area contributed by atoms with Crippen LogP contribution in [-0.2, 0) is 38.4 Å². The maximum Gasteiger partial charge on any atom is 0.414 e. The van der Waals surface area contributed by atoms with E-state index >= 15 is 0 Å². The molecule has 0 bridgehead atoms. The van der Waals surface area contributed by atoms with Crippen molar-refractivity contribution in [2.75, 3.05) is 52.4 Å². The van der Waals surface area contributed by atoms with Crippen molar-refractivity contribution in [1.29, 1.82) is 0 Å². The fraction of sp³-hybridized carbons (Fsp3) is 0.625. The second kappa shape index (κ2) is 24.9. The number of nitrogens with zero attached hydrogens (tertiary/aromatic N) is 4. The topological polar surface area (TPSA) is 271 Å². The van der Waals surface area contributed by atoms with Crippen molar-refractivity contribution < 1.29 is 69.0 Å². The van der Waals surface area contributed by atoms with Gasteiger partial charge in [-0.2, -0.15) is 0 Å². The zero-order valence-corrected chi connectivity index (χ0v) is 28.2. The molecule has 4 fully saturated rings. The van der Waals surface area contributed by atoms with Crippen LogP contribution >= 0.6 is 0 Å². The molecule has 4 saturated heterocycles. The fourth-order valence-corrected chi connectivity index (χ4v) is 4.80. The van der Waals surface area contributed by atoms with Crippen molar-refractivity contribution in [2.24, 2.45) is 0 Å². The number of hydrogen-bond acceptors (Lipinski definition) is 10. The minimum atomic E-state index is -1.82. The Bertz CT molecular complexity index is 1160. The van der Waals surface area contributed by atoms with E-state index < -0.39 is 35.8 Å². The molecule has 2 amide bonds. The number of rotatable bonds is 4. The second-order valence-corrected chi connectivity index (χ2v) is 11.2. The van der Waals surface area contributed by atoms with E-state index in [-0.39, 0.29) is 23.9 Å². The van der Waals surface area contributed by atoms with Crippen LogP contribution in [0.1, 0.15) is 65.2 Å². The van der Waals surface area contributed by atoms with Crippen LogP contribution < -0.4 is 0 Å². The van der Waals surface area contributed by atoms with Gasteiger partial charge in [-0.3, -0.25) is 19.4 Å². The van der Waals surface area contributed by atoms with Crippen LogP contribution in [-0.4, -0.2) is 162 Å². The minimum absolute atomic E-state index is 0.0950. The Kier molecular flexibility index (Phi) is 22.3. The molecule has 0 aliphatic carbocycles. The largest absolute Gasteiger partial charge is 0.473 e. The number of amides is 2. The number of carboxylic acids is 6. The highest BCUT2D eigenvalue weighted by Gasteiger charge is 2.24. The molecule has 0 saturated carbocycles. The first-order valence-electron chi connectivity index (χ1n) is 15.9. The molecule has 18 nitrogen and oxygen atoms in total. The van der Waals surface area contributed by atoms with Gasteiger partial charge in [0, 0.05) is 25.9 Å². The molecule has 0 spiro atoms. The standard InChI is InChI=1S/2C13H20N2O.3C2H2O4/c2*1-12(15-11-5-7-13(15)16)6-4-10-14-8-2-3-9-14;3*3-1(4)2(5)6/h2*12H,2-3,5,7-11H2,1H3;3*(H,3,4)(H,5,6). The van der Waals surface area contributed by atoms with Crippen molar-refractivity contribution in [2.45, 2.75) is 77.3 Å². The Labute approximate surface area is 289 Å². The number of likely N-dealkylation sites (tertiary alicyclic amines) is 4. The predicted molar refractivity (Wildman–Crippen MR) is 174 cm³/mol. The Morgan fingerprint density at radius 2 is 0.760 bits per heavy atom. The molecule has 0 aromatic rings. The molecule has 6 N–H and O–H groups in total. The fourth-order valence-electron chi connectivity index (χ4n) is 4.80. The molecule has 4 heterocycles. The molecule has 4 aliphatic rings. The third kappa shape index (κ3) is 20.2. The van der Waals surface area contributed by atoms with Crippen LogP contribution in [0.3, 0.4) is 0 Å². The summed E-state index contributed by atoms with van der Waals surface area (Å²) in [6.07, 6.45) is 8.64. The first kappa shape index (κ1) is 44.8. The summed E-state index contributed by atoms with van der Waals surface area (Å²) in [5.74, 6) is 2.39. The molecule has 0 radical (unpaired) electrons. The quantitative estimate of drug-likeness (QED) is 0.161. The van der Waals surface area contributed by atoms with Crippen molar-refractivity contribution >= 4 is 47.6 Å². The Balaban J connectivity index is 0.000000657. The Morgan fingerprint density at radius 3 is 0.960 bits per heavy atom. The normalized spacial score (nSPS) is 17.6. The number of aliphatic carboxylic acids is 6. The maximum absolute atomic E-state index is 11.5. The molecule has 18 heteroatoms. The summed E-state index contributed by atoms with van der Waals surface area (Å²) in [6, 6.07) is 0.190. The molecule has 0 aromatic carbocycles. The molecule has 4 aliphatic heterocycles. The highest BCUT2D eigenvalue weighted by atomic mass is 16.5. The van der Waals surface area contributed by atoms with Gasteiger partial charge in [-0.05, 0) is 78.6 Å². The second-order valence-electron chi connectivity index (χ2n) is 11.2. The van der Waals surface area contributed by atoms with Gasteiger partial charge in [0.2, 0.25) is 11.8 Å². The van der Waals surface area contributed by atoms with E-state index in [9.17, 15) is 9.59 Å². The lowest BCUT2D eigenvalue weighted by Crippen LogP contribution is -2.33. The van der Waals surface area contributed by atoms with Gasteiger partial charge < -0.3 is 40.4 Å². The van der Waals surface area contributed by atoms with Crippen LogP contribution in [0.5, 0.6) is 0 Å². The maximum atomic E-state index is 11.5. The van der Waals surface area contributed by atoms with E-state index in [1.165, 1.54) is 51.9 Å². The van der Waals surface area contributed by atoms with Crippen LogP contribution in [0.2, 0.25) is 0 Å². The van der Waals surface area contributed by atoms with Crippen molar-refractivity contribution in [3.63, 3.8) is 0 Å². The number of carboxylic acid groups (broad SMARTS) is 6. The predicted octanol–water partition coefficient (Wildman–Crippen LogP) is -0.340. The number of hydrogen-bond donors (Lipinski definition) is 6. The zero-order chi connectivity index (χ0) is 38.2. The summed E-state index contributed by atoms with van der Waals surface area (Å²) in [5, 5.41) is 44.3. The van der Waals surface area contributed by atoms with Gasteiger partial charge in [-0.15, -0.1) is 0 Å². The van der Waals surface area contributed by atoms with Gasteiger partial charge in [0.25, 0.3) is 0 Å². The first-order valence-corrected chi connectivity index (χ1v) is 15.9. The molecule has 50 heavy (non-hydrogen) atoms. The molecule has 278 valence electrons. The smallest absolute Gasteiger partial charge is 0.414 e. The van der Waals surface area contributed by atoms with Crippen LogP contribution in [0.15, 0.2) is 0 Å². The van der Waals surface area contributed by atoms with Crippen LogP contribution in [0.25, 0.3) is 0 Å². The zero-order valence-electron chi connectivity index (χ0n) is 28.2.